The molecule has 0 bridgehead atoms. The molecule has 10 aromatic carbocycles. The lowest BCUT2D eigenvalue weighted by Crippen LogP contribution is -2.17. The van der Waals surface area contributed by atoms with Gasteiger partial charge in [0.1, 0.15) is 0 Å². The quantitative estimate of drug-likeness (QED) is 0.147. The summed E-state index contributed by atoms with van der Waals surface area (Å²) in [7, 11) is 0. The Kier molecular flexibility index (Phi) is 11.6. The minimum Gasteiger partial charge on any atom is -0.309 e. The van der Waals surface area contributed by atoms with E-state index in [0.29, 0.717) is 0 Å². The second kappa shape index (κ2) is 18.0. The van der Waals surface area contributed by atoms with Crippen molar-refractivity contribution in [2.45, 2.75) is 78.6 Å². The molecule has 354 valence electrons. The van der Waals surface area contributed by atoms with Gasteiger partial charge in [-0.1, -0.05) is 244 Å². The zero-order valence-electron chi connectivity index (χ0n) is 43.3. The van der Waals surface area contributed by atoms with Gasteiger partial charge in [-0.2, -0.15) is 0 Å². The lowest BCUT2D eigenvalue weighted by Gasteiger charge is -2.33. The minimum absolute atomic E-state index is 0.0250. The number of rotatable bonds is 8. The molecule has 11 rings (SSSR count). The molecule has 1 heterocycles. The minimum atomic E-state index is -0.114. The van der Waals surface area contributed by atoms with Crippen LogP contribution in [0.5, 0.6) is 0 Å². The first-order valence-corrected chi connectivity index (χ1v) is 25.6. The van der Waals surface area contributed by atoms with Crippen molar-refractivity contribution in [1.82, 2.24) is 4.57 Å². The van der Waals surface area contributed by atoms with Crippen molar-refractivity contribution in [3.63, 3.8) is 0 Å². The topological polar surface area (TPSA) is 8.17 Å². The van der Waals surface area contributed by atoms with E-state index in [9.17, 15) is 0 Å². The third-order valence-corrected chi connectivity index (χ3v) is 14.7. The zero-order valence-corrected chi connectivity index (χ0v) is 43.3. The maximum atomic E-state index is 2.58. The number of para-hydroxylation sites is 4. The fourth-order valence-corrected chi connectivity index (χ4v) is 10.8. The predicted octanol–water partition coefficient (Wildman–Crippen LogP) is 20.0. The summed E-state index contributed by atoms with van der Waals surface area (Å²) in [4.78, 5) is 2.58. The average Bonchev–Trinajstić information content (AvgIpc) is 3.73. The Hall–Kier alpha value is -7.94. The predicted molar refractivity (Wildman–Crippen MR) is 311 cm³/mol. The maximum Gasteiger partial charge on any atom is 0.0547 e. The molecular weight excluding hydrogens is 869 g/mol. The molecule has 0 unspecified atom stereocenters. The third-order valence-electron chi connectivity index (χ3n) is 14.7. The number of fused-ring (bicyclic) bond motifs is 4. The van der Waals surface area contributed by atoms with Crippen molar-refractivity contribution in [2.24, 2.45) is 0 Å². The summed E-state index contributed by atoms with van der Waals surface area (Å²) in [5.41, 5.74) is 20.1. The molecule has 72 heavy (non-hydrogen) atoms. The molecule has 0 fully saturated rings. The molecule has 0 radical (unpaired) electrons. The Morgan fingerprint density at radius 3 is 1.40 bits per heavy atom. The number of anilines is 3. The second-order valence-electron chi connectivity index (χ2n) is 22.6. The molecule has 0 aliphatic carbocycles. The first-order chi connectivity index (χ1) is 34.6. The van der Waals surface area contributed by atoms with Gasteiger partial charge in [0, 0.05) is 33.2 Å². The van der Waals surface area contributed by atoms with Crippen LogP contribution in [0.4, 0.5) is 17.1 Å². The van der Waals surface area contributed by atoms with Gasteiger partial charge < -0.3 is 9.47 Å². The van der Waals surface area contributed by atoms with E-state index in [-0.39, 0.29) is 16.2 Å². The highest BCUT2D eigenvalue weighted by Gasteiger charge is 2.28. The SMILES string of the molecule is CC(C)(C)c1cc(-c2cccc3cccc(-c4ccccc4N(c4cc(C(C)(C)C)ccc4-c4ccccc4)c4ccccc4-c4cccc5c4c4ccccc4n5-c4ccccc4)c23)cc(C(C)(C)C)c1. The second-order valence-corrected chi connectivity index (χ2v) is 22.6. The molecule has 1 aromatic heterocycles. The van der Waals surface area contributed by atoms with E-state index in [2.05, 4.69) is 296 Å². The number of aromatic nitrogens is 1. The Balaban J connectivity index is 1.24. The summed E-state index contributed by atoms with van der Waals surface area (Å²) >= 11 is 0. The van der Waals surface area contributed by atoms with E-state index >= 15 is 0 Å². The van der Waals surface area contributed by atoms with Crippen LogP contribution in [0.1, 0.15) is 79.0 Å². The molecule has 0 atom stereocenters. The molecule has 0 amide bonds. The lowest BCUT2D eigenvalue weighted by atomic mass is 9.78. The Labute approximate surface area is 426 Å². The van der Waals surface area contributed by atoms with Crippen LogP contribution in [-0.4, -0.2) is 4.57 Å². The highest BCUT2D eigenvalue weighted by atomic mass is 15.2. The first-order valence-electron chi connectivity index (χ1n) is 25.6. The Morgan fingerprint density at radius 1 is 0.306 bits per heavy atom. The van der Waals surface area contributed by atoms with Crippen molar-refractivity contribution in [1.29, 1.82) is 0 Å². The highest BCUT2D eigenvalue weighted by molar-refractivity contribution is 6.17. The lowest BCUT2D eigenvalue weighted by molar-refractivity contribution is 0.569. The third kappa shape index (κ3) is 8.39. The number of hydrogen-bond acceptors (Lipinski definition) is 1. The zero-order chi connectivity index (χ0) is 49.9. The van der Waals surface area contributed by atoms with Crippen molar-refractivity contribution in [3.8, 4) is 50.2 Å². The van der Waals surface area contributed by atoms with Crippen LogP contribution in [0.3, 0.4) is 0 Å². The van der Waals surface area contributed by atoms with Gasteiger partial charge in [0.2, 0.25) is 0 Å². The molecule has 0 aliphatic rings. The van der Waals surface area contributed by atoms with Gasteiger partial charge >= 0.3 is 0 Å². The summed E-state index contributed by atoms with van der Waals surface area (Å²) in [6.45, 7) is 20.9. The van der Waals surface area contributed by atoms with Gasteiger partial charge in [-0.25, -0.2) is 0 Å². The van der Waals surface area contributed by atoms with Crippen molar-refractivity contribution >= 4 is 49.6 Å². The molecule has 0 aliphatic heterocycles. The molecule has 11 aromatic rings. The van der Waals surface area contributed by atoms with Crippen LogP contribution in [0.25, 0.3) is 82.8 Å². The van der Waals surface area contributed by atoms with Gasteiger partial charge in [0.05, 0.1) is 28.1 Å². The first kappa shape index (κ1) is 46.4. The molecule has 0 saturated heterocycles. The van der Waals surface area contributed by atoms with Crippen molar-refractivity contribution in [2.75, 3.05) is 4.90 Å². The normalized spacial score (nSPS) is 12.2. The van der Waals surface area contributed by atoms with Gasteiger partial charge in [0.15, 0.2) is 0 Å². The van der Waals surface area contributed by atoms with Crippen LogP contribution < -0.4 is 4.90 Å². The molecule has 0 N–H and O–H groups in total. The van der Waals surface area contributed by atoms with Crippen LogP contribution >= 0.6 is 0 Å². The Morgan fingerprint density at radius 2 is 0.792 bits per heavy atom. The monoisotopic (exact) mass is 933 g/mol. The molecule has 0 saturated carbocycles. The van der Waals surface area contributed by atoms with E-state index in [0.717, 1.165) is 33.9 Å². The van der Waals surface area contributed by atoms with Gasteiger partial charge in [0.25, 0.3) is 0 Å². The van der Waals surface area contributed by atoms with Gasteiger partial charge in [-0.05, 0) is 114 Å². The van der Waals surface area contributed by atoms with Crippen LogP contribution in [0.2, 0.25) is 0 Å². The maximum absolute atomic E-state index is 2.58. The van der Waals surface area contributed by atoms with E-state index in [4.69, 9.17) is 0 Å². The van der Waals surface area contributed by atoms with Crippen LogP contribution in [0, 0.1) is 0 Å². The summed E-state index contributed by atoms with van der Waals surface area (Å²) in [6.07, 6.45) is 0. The van der Waals surface area contributed by atoms with E-state index in [1.807, 2.05) is 0 Å². The van der Waals surface area contributed by atoms with Crippen LogP contribution in [0.15, 0.2) is 224 Å². The number of nitrogens with zero attached hydrogens (tertiary/aromatic N) is 2. The smallest absolute Gasteiger partial charge is 0.0547 e. The van der Waals surface area contributed by atoms with E-state index in [1.165, 1.54) is 82.6 Å². The van der Waals surface area contributed by atoms with E-state index in [1.54, 1.807) is 0 Å². The largest absolute Gasteiger partial charge is 0.309 e. The fourth-order valence-electron chi connectivity index (χ4n) is 10.8. The molecule has 2 nitrogen and oxygen atoms in total. The Bertz CT molecular complexity index is 3760. The molecule has 2 heteroatoms. The highest BCUT2D eigenvalue weighted by Crippen LogP contribution is 2.52. The molecule has 0 spiro atoms. The summed E-state index contributed by atoms with van der Waals surface area (Å²) in [5.74, 6) is 0. The van der Waals surface area contributed by atoms with Gasteiger partial charge in [-0.15, -0.1) is 0 Å². The van der Waals surface area contributed by atoms with Gasteiger partial charge in [-0.3, -0.25) is 0 Å². The summed E-state index contributed by atoms with van der Waals surface area (Å²) in [6, 6.07) is 83.7. The van der Waals surface area contributed by atoms with Crippen LogP contribution in [-0.2, 0) is 16.2 Å². The standard InChI is InChI=1S/C70H64N2/c1-68(2,3)50-41-42-54(47-25-12-10-13-26-47)65(46-50)72(62-38-20-17-32-57(62)59-36-24-40-64-67(59)60-33-18-21-39-63(60)71(64)53-29-14-11-15-30-53)61-37-19-16-31-56(61)58-35-23-28-48-27-22-34-55(66(48)58)49-43-51(69(4,5)6)45-52(44-49)70(7,8)9/h10-46H,1-9H3. The van der Waals surface area contributed by atoms with E-state index < -0.39 is 0 Å². The average molecular weight is 933 g/mol. The number of hydrogen-bond donors (Lipinski definition) is 0. The molecular formula is C70H64N2. The van der Waals surface area contributed by atoms with Crippen molar-refractivity contribution < 1.29 is 0 Å². The number of benzene rings is 10. The fraction of sp³-hybridized carbons (Fsp3) is 0.171. The van der Waals surface area contributed by atoms with Crippen molar-refractivity contribution in [3.05, 3.63) is 241 Å². The summed E-state index contributed by atoms with van der Waals surface area (Å²) < 4.78 is 2.42. The summed E-state index contributed by atoms with van der Waals surface area (Å²) in [5, 5.41) is 4.92.